The van der Waals surface area contributed by atoms with Gasteiger partial charge in [0.15, 0.2) is 0 Å². The Bertz CT molecular complexity index is 1050. The zero-order valence-electron chi connectivity index (χ0n) is 18.7. The highest BCUT2D eigenvalue weighted by molar-refractivity contribution is 5.61. The van der Waals surface area contributed by atoms with Crippen molar-refractivity contribution in [2.45, 2.75) is 32.5 Å². The van der Waals surface area contributed by atoms with Crippen molar-refractivity contribution in [1.82, 2.24) is 4.90 Å². The Morgan fingerprint density at radius 3 is 2.38 bits per heavy atom. The molecule has 0 fully saturated rings. The van der Waals surface area contributed by atoms with E-state index in [1.807, 2.05) is 18.9 Å². The number of aliphatic hydroxyl groups is 1. The fourth-order valence-corrected chi connectivity index (χ4v) is 3.23. The van der Waals surface area contributed by atoms with Crippen molar-refractivity contribution in [3.63, 3.8) is 0 Å². The molecule has 0 aromatic heterocycles. The molecule has 1 unspecified atom stereocenters. The lowest BCUT2D eigenvalue weighted by Gasteiger charge is -2.33. The highest BCUT2D eigenvalue weighted by Gasteiger charge is 2.58. The van der Waals surface area contributed by atoms with Crippen LogP contribution >= 0.6 is 0 Å². The van der Waals surface area contributed by atoms with Gasteiger partial charge in [0, 0.05) is 30.9 Å². The molecule has 0 aliphatic heterocycles. The summed E-state index contributed by atoms with van der Waals surface area (Å²) in [6.45, 7) is 6.03. The lowest BCUT2D eigenvalue weighted by Crippen LogP contribution is -2.44. The van der Waals surface area contributed by atoms with Gasteiger partial charge in [-0.15, -0.1) is 5.73 Å². The summed E-state index contributed by atoms with van der Waals surface area (Å²) in [4.78, 5) is 1.88. The molecule has 0 saturated heterocycles. The van der Waals surface area contributed by atoms with Crippen LogP contribution in [0, 0.1) is 12.7 Å². The average molecular weight is 449 g/mol. The number of aryl methyl sites for hydroxylation is 1. The van der Waals surface area contributed by atoms with E-state index in [1.54, 1.807) is 38.3 Å². The Labute approximate surface area is 185 Å². The monoisotopic (exact) mass is 449 g/mol. The molecule has 0 aliphatic rings. The van der Waals surface area contributed by atoms with Gasteiger partial charge in [-0.2, -0.15) is 13.2 Å². The van der Waals surface area contributed by atoms with E-state index in [-0.39, 0.29) is 5.75 Å². The molecule has 7 heteroatoms. The van der Waals surface area contributed by atoms with Crippen molar-refractivity contribution in [3.8, 4) is 5.75 Å². The molecule has 1 N–H and O–H groups in total. The zero-order valence-corrected chi connectivity index (χ0v) is 18.7. The fraction of sp³-hybridized carbons (Fsp3) is 0.320. The second-order valence-electron chi connectivity index (χ2n) is 7.37. The predicted molar refractivity (Wildman–Crippen MR) is 119 cm³/mol. The second kappa shape index (κ2) is 10.1. The molecule has 1 atom stereocenters. The number of halogens is 4. The fourth-order valence-electron chi connectivity index (χ4n) is 3.23. The molecule has 2 aromatic rings. The Hall–Kier alpha value is -3.02. The van der Waals surface area contributed by atoms with Gasteiger partial charge in [0.25, 0.3) is 0 Å². The average Bonchev–Trinajstić information content (AvgIpc) is 2.73. The van der Waals surface area contributed by atoms with Crippen molar-refractivity contribution >= 4 is 12.2 Å². The number of nitrogens with zero attached hydrogens (tertiary/aromatic N) is 1. The first kappa shape index (κ1) is 25.2. The molecule has 0 spiro atoms. The van der Waals surface area contributed by atoms with Crippen molar-refractivity contribution in [2.24, 2.45) is 0 Å². The summed E-state index contributed by atoms with van der Waals surface area (Å²) in [6, 6.07) is 5.77. The summed E-state index contributed by atoms with van der Waals surface area (Å²) in [5, 5.41) is 11.0. The molecule has 2 rings (SSSR count). The highest BCUT2D eigenvalue weighted by Crippen LogP contribution is 2.48. The first-order chi connectivity index (χ1) is 15.0. The number of hydrogen-bond acceptors (Lipinski definition) is 3. The van der Waals surface area contributed by atoms with Crippen LogP contribution < -0.4 is 4.74 Å². The Morgan fingerprint density at radius 1 is 1.16 bits per heavy atom. The van der Waals surface area contributed by atoms with Gasteiger partial charge in [0.2, 0.25) is 5.60 Å². The minimum Gasteiger partial charge on any atom is -0.496 e. The Morgan fingerprint density at radius 2 is 1.84 bits per heavy atom. The largest absolute Gasteiger partial charge is 0.496 e. The van der Waals surface area contributed by atoms with Gasteiger partial charge in [0.05, 0.1) is 7.11 Å². The minimum atomic E-state index is -5.21. The third-order valence-electron chi connectivity index (χ3n) is 5.16. The highest BCUT2D eigenvalue weighted by atomic mass is 19.4. The number of allylic oxidation sites excluding steroid dienone is 1. The van der Waals surface area contributed by atoms with Crippen LogP contribution in [0.2, 0.25) is 0 Å². The molecular weight excluding hydrogens is 422 g/mol. The van der Waals surface area contributed by atoms with Gasteiger partial charge in [-0.1, -0.05) is 24.3 Å². The molecule has 0 aliphatic carbocycles. The number of methoxy groups -OCH3 is 1. The summed E-state index contributed by atoms with van der Waals surface area (Å²) in [5.74, 6) is -1.39. The number of ether oxygens (including phenoxy) is 1. The lowest BCUT2D eigenvalue weighted by atomic mass is 9.82. The van der Waals surface area contributed by atoms with Gasteiger partial charge in [-0.05, 0) is 61.7 Å². The molecule has 2 aromatic carbocycles. The molecule has 172 valence electrons. The molecule has 0 amide bonds. The van der Waals surface area contributed by atoms with E-state index < -0.39 is 28.7 Å². The van der Waals surface area contributed by atoms with Crippen LogP contribution in [-0.4, -0.2) is 36.9 Å². The van der Waals surface area contributed by atoms with Crippen LogP contribution in [0.25, 0.3) is 12.2 Å². The second-order valence-corrected chi connectivity index (χ2v) is 7.37. The standard InChI is InChI=1S/C25H27F4NO2/c1-6-9-18-11-12-20(22(26)15-18)24(31,25(27,28)29)21-14-17(3)19(16-23(21)32-5)10-8-13-30(4)7-2/h6,9-16,31H,7H2,1-5H3/b9-6+. The van der Waals surface area contributed by atoms with Crippen LogP contribution in [-0.2, 0) is 5.60 Å². The third kappa shape index (κ3) is 5.06. The van der Waals surface area contributed by atoms with Gasteiger partial charge < -0.3 is 14.7 Å². The Kier molecular flexibility index (Phi) is 7.94. The van der Waals surface area contributed by atoms with E-state index in [4.69, 9.17) is 4.74 Å². The summed E-state index contributed by atoms with van der Waals surface area (Å²) < 4.78 is 62.8. The molecule has 0 saturated carbocycles. The number of alkyl halides is 3. The van der Waals surface area contributed by atoms with E-state index in [9.17, 15) is 22.7 Å². The van der Waals surface area contributed by atoms with Crippen molar-refractivity contribution in [3.05, 3.63) is 82.0 Å². The molecule has 32 heavy (non-hydrogen) atoms. The number of hydrogen-bond donors (Lipinski definition) is 1. The van der Waals surface area contributed by atoms with Gasteiger partial charge >= 0.3 is 6.18 Å². The predicted octanol–water partition coefficient (Wildman–Crippen LogP) is 6.05. The van der Waals surface area contributed by atoms with E-state index in [1.165, 1.54) is 25.3 Å². The molecular formula is C25H27F4NO2. The lowest BCUT2D eigenvalue weighted by molar-refractivity contribution is -0.249. The van der Waals surface area contributed by atoms with Crippen LogP contribution in [0.3, 0.4) is 0 Å². The van der Waals surface area contributed by atoms with Crippen molar-refractivity contribution in [1.29, 1.82) is 0 Å². The third-order valence-corrected chi connectivity index (χ3v) is 5.16. The molecule has 0 heterocycles. The van der Waals surface area contributed by atoms with Crippen LogP contribution in [0.1, 0.15) is 41.7 Å². The summed E-state index contributed by atoms with van der Waals surface area (Å²) in [7, 11) is 3.06. The van der Waals surface area contributed by atoms with Gasteiger partial charge in [-0.3, -0.25) is 0 Å². The molecule has 0 radical (unpaired) electrons. The number of benzene rings is 2. The summed E-state index contributed by atoms with van der Waals surface area (Å²) in [5.41, 5.74) is -0.761. The maximum atomic E-state index is 14.8. The first-order valence-electron chi connectivity index (χ1n) is 10.0. The van der Waals surface area contributed by atoms with E-state index in [0.29, 0.717) is 16.7 Å². The van der Waals surface area contributed by atoms with Gasteiger partial charge in [-0.25, -0.2) is 4.39 Å². The molecule has 3 nitrogen and oxygen atoms in total. The topological polar surface area (TPSA) is 32.7 Å². The normalized spacial score (nSPS) is 13.4. The molecule has 0 bridgehead atoms. The minimum absolute atomic E-state index is 0.218. The van der Waals surface area contributed by atoms with E-state index in [0.717, 1.165) is 18.7 Å². The maximum absolute atomic E-state index is 14.8. The quantitative estimate of drug-likeness (QED) is 0.413. The van der Waals surface area contributed by atoms with Crippen LogP contribution in [0.5, 0.6) is 5.75 Å². The first-order valence-corrected chi connectivity index (χ1v) is 10.0. The van der Waals surface area contributed by atoms with Crippen molar-refractivity contribution < 1.29 is 27.4 Å². The van der Waals surface area contributed by atoms with E-state index >= 15 is 0 Å². The zero-order chi connectivity index (χ0) is 24.1. The maximum Gasteiger partial charge on any atom is 0.426 e. The van der Waals surface area contributed by atoms with E-state index in [2.05, 4.69) is 5.73 Å². The van der Waals surface area contributed by atoms with Crippen LogP contribution in [0.15, 0.2) is 48.3 Å². The van der Waals surface area contributed by atoms with Crippen molar-refractivity contribution in [2.75, 3.05) is 20.7 Å². The SMILES string of the molecule is C/C=C/c1ccc(C(O)(c2cc(C)c(C=C=CN(C)CC)cc2OC)C(F)(F)F)c(F)c1. The summed E-state index contributed by atoms with van der Waals surface area (Å²) in [6.07, 6.45) is 1.28. The smallest absolute Gasteiger partial charge is 0.426 e. The number of rotatable bonds is 7. The Balaban J connectivity index is 2.74. The summed E-state index contributed by atoms with van der Waals surface area (Å²) >= 11 is 0. The van der Waals surface area contributed by atoms with Crippen LogP contribution in [0.4, 0.5) is 17.6 Å². The van der Waals surface area contributed by atoms with Gasteiger partial charge in [0.1, 0.15) is 11.6 Å².